The van der Waals surface area contributed by atoms with Crippen LogP contribution in [0.4, 0.5) is 0 Å². The zero-order valence-corrected chi connectivity index (χ0v) is 12.6. The molecule has 1 N–H and O–H groups in total. The van der Waals surface area contributed by atoms with Crippen LogP contribution in [0, 0.1) is 5.92 Å². The summed E-state index contributed by atoms with van der Waals surface area (Å²) in [5.74, 6) is -0.292. The number of carbonyl (C=O) groups excluding carboxylic acids is 2. The summed E-state index contributed by atoms with van der Waals surface area (Å²) >= 11 is 0. The van der Waals surface area contributed by atoms with Crippen LogP contribution < -0.4 is 5.32 Å². The van der Waals surface area contributed by atoms with Crippen molar-refractivity contribution in [3.05, 3.63) is 35.4 Å². The van der Waals surface area contributed by atoms with Crippen LogP contribution in [0.1, 0.15) is 37.8 Å². The molecule has 0 heterocycles. The molecule has 1 rings (SSSR count). The maximum absolute atomic E-state index is 11.9. The van der Waals surface area contributed by atoms with Gasteiger partial charge in [-0.1, -0.05) is 38.1 Å². The molecular formula is C16H23NO3. The molecule has 0 spiro atoms. The minimum absolute atomic E-state index is 0.0922. The van der Waals surface area contributed by atoms with Gasteiger partial charge in [0.1, 0.15) is 6.54 Å². The van der Waals surface area contributed by atoms with E-state index in [2.05, 4.69) is 36.0 Å². The van der Waals surface area contributed by atoms with Crippen LogP contribution in [-0.2, 0) is 20.7 Å². The smallest absolute Gasteiger partial charge is 0.325 e. The number of hydrogen-bond acceptors (Lipinski definition) is 3. The second kappa shape index (κ2) is 7.68. The SMILES string of the molecule is COC(=O)CNC(=O)C(C)c1ccc(CC(C)C)cc1. The van der Waals surface area contributed by atoms with Crippen molar-refractivity contribution >= 4 is 11.9 Å². The molecule has 0 aliphatic rings. The molecule has 0 bridgehead atoms. The fourth-order valence-electron chi connectivity index (χ4n) is 1.95. The maximum atomic E-state index is 11.9. The molecule has 4 nitrogen and oxygen atoms in total. The lowest BCUT2D eigenvalue weighted by molar-refractivity contribution is -0.141. The average molecular weight is 277 g/mol. The highest BCUT2D eigenvalue weighted by molar-refractivity contribution is 5.86. The van der Waals surface area contributed by atoms with Crippen molar-refractivity contribution in [3.63, 3.8) is 0 Å². The Morgan fingerprint density at radius 1 is 1.15 bits per heavy atom. The minimum atomic E-state index is -0.446. The van der Waals surface area contributed by atoms with Crippen molar-refractivity contribution in [2.75, 3.05) is 13.7 Å². The molecule has 1 unspecified atom stereocenters. The van der Waals surface area contributed by atoms with Crippen LogP contribution in [0.3, 0.4) is 0 Å². The third-order valence-corrected chi connectivity index (χ3v) is 3.15. The van der Waals surface area contributed by atoms with Gasteiger partial charge in [-0.05, 0) is 30.4 Å². The molecule has 0 aromatic heterocycles. The van der Waals surface area contributed by atoms with Gasteiger partial charge in [-0.25, -0.2) is 0 Å². The third kappa shape index (κ3) is 5.03. The van der Waals surface area contributed by atoms with Crippen LogP contribution in [0.5, 0.6) is 0 Å². The molecule has 20 heavy (non-hydrogen) atoms. The Labute approximate surface area is 120 Å². The summed E-state index contributed by atoms with van der Waals surface area (Å²) in [5.41, 5.74) is 2.21. The quantitative estimate of drug-likeness (QED) is 0.812. The summed E-state index contributed by atoms with van der Waals surface area (Å²) < 4.78 is 4.49. The molecular weight excluding hydrogens is 254 g/mol. The Bertz CT molecular complexity index is 451. The summed E-state index contributed by atoms with van der Waals surface area (Å²) in [4.78, 5) is 22.9. The molecule has 0 radical (unpaired) electrons. The number of amides is 1. The van der Waals surface area contributed by atoms with Crippen LogP contribution in [0.15, 0.2) is 24.3 Å². The van der Waals surface area contributed by atoms with E-state index in [1.807, 2.05) is 19.1 Å². The second-order valence-electron chi connectivity index (χ2n) is 5.36. The van der Waals surface area contributed by atoms with Crippen molar-refractivity contribution in [2.45, 2.75) is 33.1 Å². The van der Waals surface area contributed by atoms with E-state index >= 15 is 0 Å². The van der Waals surface area contributed by atoms with Gasteiger partial charge in [0.25, 0.3) is 0 Å². The largest absolute Gasteiger partial charge is 0.468 e. The first-order valence-corrected chi connectivity index (χ1v) is 6.87. The normalized spacial score (nSPS) is 12.1. The summed E-state index contributed by atoms with van der Waals surface area (Å²) in [6, 6.07) is 8.05. The van der Waals surface area contributed by atoms with Gasteiger partial charge in [-0.2, -0.15) is 0 Å². The lowest BCUT2D eigenvalue weighted by Gasteiger charge is -2.13. The van der Waals surface area contributed by atoms with Gasteiger partial charge in [0, 0.05) is 0 Å². The van der Waals surface area contributed by atoms with E-state index in [4.69, 9.17) is 0 Å². The van der Waals surface area contributed by atoms with Gasteiger partial charge in [0.05, 0.1) is 13.0 Å². The van der Waals surface area contributed by atoms with E-state index in [1.54, 1.807) is 0 Å². The zero-order valence-electron chi connectivity index (χ0n) is 12.6. The number of ether oxygens (including phenoxy) is 1. The number of nitrogens with one attached hydrogen (secondary N) is 1. The fourth-order valence-corrected chi connectivity index (χ4v) is 1.95. The molecule has 1 amide bonds. The van der Waals surface area contributed by atoms with E-state index in [-0.39, 0.29) is 18.4 Å². The van der Waals surface area contributed by atoms with Gasteiger partial charge >= 0.3 is 5.97 Å². The summed E-state index contributed by atoms with van der Waals surface area (Å²) in [7, 11) is 1.30. The molecule has 4 heteroatoms. The lowest BCUT2D eigenvalue weighted by atomic mass is 9.96. The topological polar surface area (TPSA) is 55.4 Å². The molecule has 0 fully saturated rings. The van der Waals surface area contributed by atoms with Gasteiger partial charge in [0.15, 0.2) is 0 Å². The Balaban J connectivity index is 2.60. The van der Waals surface area contributed by atoms with Gasteiger partial charge in [0.2, 0.25) is 5.91 Å². The van der Waals surface area contributed by atoms with E-state index in [1.165, 1.54) is 12.7 Å². The highest BCUT2D eigenvalue weighted by Crippen LogP contribution is 2.17. The average Bonchev–Trinajstić information content (AvgIpc) is 2.43. The Hall–Kier alpha value is -1.84. The number of hydrogen-bond donors (Lipinski definition) is 1. The highest BCUT2D eigenvalue weighted by atomic mass is 16.5. The van der Waals surface area contributed by atoms with Crippen LogP contribution in [-0.4, -0.2) is 25.5 Å². The summed E-state index contributed by atoms with van der Waals surface area (Å²) in [6.45, 7) is 6.09. The molecule has 1 atom stereocenters. The summed E-state index contributed by atoms with van der Waals surface area (Å²) in [5, 5.41) is 2.56. The van der Waals surface area contributed by atoms with Crippen LogP contribution >= 0.6 is 0 Å². The predicted octanol–water partition coefficient (Wildman–Crippen LogP) is 2.28. The van der Waals surface area contributed by atoms with E-state index in [9.17, 15) is 9.59 Å². The third-order valence-electron chi connectivity index (χ3n) is 3.15. The van der Waals surface area contributed by atoms with Crippen LogP contribution in [0.2, 0.25) is 0 Å². The molecule has 1 aromatic carbocycles. The number of benzene rings is 1. The molecule has 0 saturated heterocycles. The first-order valence-electron chi connectivity index (χ1n) is 6.87. The monoisotopic (exact) mass is 277 g/mol. The van der Waals surface area contributed by atoms with Crippen molar-refractivity contribution in [2.24, 2.45) is 5.92 Å². The Kier molecular flexibility index (Phi) is 6.22. The first kappa shape index (κ1) is 16.2. The van der Waals surface area contributed by atoms with Crippen molar-refractivity contribution in [1.82, 2.24) is 5.32 Å². The van der Waals surface area contributed by atoms with E-state index in [0.717, 1.165) is 12.0 Å². The lowest BCUT2D eigenvalue weighted by Crippen LogP contribution is -2.33. The minimum Gasteiger partial charge on any atom is -0.468 e. The standard InChI is InChI=1S/C16H23NO3/c1-11(2)9-13-5-7-14(8-6-13)12(3)16(19)17-10-15(18)20-4/h5-8,11-12H,9-10H2,1-4H3,(H,17,19). The Morgan fingerprint density at radius 2 is 1.75 bits per heavy atom. The van der Waals surface area contributed by atoms with Gasteiger partial charge < -0.3 is 10.1 Å². The van der Waals surface area contributed by atoms with Gasteiger partial charge in [-0.15, -0.1) is 0 Å². The van der Waals surface area contributed by atoms with Crippen molar-refractivity contribution in [1.29, 1.82) is 0 Å². The molecule has 0 saturated carbocycles. The van der Waals surface area contributed by atoms with E-state index in [0.29, 0.717) is 5.92 Å². The van der Waals surface area contributed by atoms with E-state index < -0.39 is 5.97 Å². The molecule has 110 valence electrons. The second-order valence-corrected chi connectivity index (χ2v) is 5.36. The first-order chi connectivity index (χ1) is 9.43. The predicted molar refractivity (Wildman–Crippen MR) is 78.4 cm³/mol. The van der Waals surface area contributed by atoms with Crippen LogP contribution in [0.25, 0.3) is 0 Å². The molecule has 0 aliphatic heterocycles. The summed E-state index contributed by atoms with van der Waals surface area (Å²) in [6.07, 6.45) is 1.03. The number of esters is 1. The van der Waals surface area contributed by atoms with Gasteiger partial charge in [-0.3, -0.25) is 9.59 Å². The zero-order chi connectivity index (χ0) is 15.1. The van der Waals surface area contributed by atoms with Crippen molar-refractivity contribution < 1.29 is 14.3 Å². The number of methoxy groups -OCH3 is 1. The molecule has 0 aliphatic carbocycles. The van der Waals surface area contributed by atoms with Crippen molar-refractivity contribution in [3.8, 4) is 0 Å². The number of carbonyl (C=O) groups is 2. The number of rotatable bonds is 6. The molecule has 1 aromatic rings. The highest BCUT2D eigenvalue weighted by Gasteiger charge is 2.16. The Morgan fingerprint density at radius 3 is 2.25 bits per heavy atom. The fraction of sp³-hybridized carbons (Fsp3) is 0.500. The maximum Gasteiger partial charge on any atom is 0.325 e.